The second-order valence-electron chi connectivity index (χ2n) is 3.49. The van der Waals surface area contributed by atoms with Crippen molar-refractivity contribution in [3.63, 3.8) is 0 Å². The molecule has 0 bridgehead atoms. The highest BCUT2D eigenvalue weighted by Gasteiger charge is 2.43. The monoisotopic (exact) mass is 183 g/mol. The summed E-state index contributed by atoms with van der Waals surface area (Å²) in [6.45, 7) is 0. The Morgan fingerprint density at radius 2 is 1.69 bits per heavy atom. The second-order valence-corrected chi connectivity index (χ2v) is 3.49. The summed E-state index contributed by atoms with van der Waals surface area (Å²) >= 11 is 0. The van der Waals surface area contributed by atoms with Crippen molar-refractivity contribution in [1.29, 1.82) is 0 Å². The Morgan fingerprint density at radius 3 is 2.08 bits per heavy atom. The zero-order valence-electron chi connectivity index (χ0n) is 7.40. The Balaban J connectivity index is 2.40. The van der Waals surface area contributed by atoms with Crippen LogP contribution in [-0.4, -0.2) is 7.05 Å². The van der Waals surface area contributed by atoms with E-state index in [2.05, 4.69) is 5.32 Å². The molecule has 1 aromatic carbocycles. The maximum Gasteiger partial charge on any atom is 0.126 e. The minimum absolute atomic E-state index is 0.164. The third-order valence-electron chi connectivity index (χ3n) is 2.64. The largest absolute Gasteiger partial charge is 0.310 e. The maximum absolute atomic E-state index is 12.9. The van der Waals surface area contributed by atoms with Crippen molar-refractivity contribution >= 4 is 0 Å². The zero-order valence-corrected chi connectivity index (χ0v) is 7.40. The smallest absolute Gasteiger partial charge is 0.126 e. The average molecular weight is 183 g/mol. The van der Waals surface area contributed by atoms with Crippen LogP contribution in [0.3, 0.4) is 0 Å². The van der Waals surface area contributed by atoms with Crippen molar-refractivity contribution in [3.05, 3.63) is 35.4 Å². The van der Waals surface area contributed by atoms with Gasteiger partial charge in [-0.15, -0.1) is 0 Å². The lowest BCUT2D eigenvalue weighted by Gasteiger charge is -2.14. The van der Waals surface area contributed by atoms with Crippen LogP contribution in [0.2, 0.25) is 0 Å². The van der Waals surface area contributed by atoms with Gasteiger partial charge in [-0.05, 0) is 37.6 Å². The summed E-state index contributed by atoms with van der Waals surface area (Å²) in [5.41, 5.74) is 0.552. The fourth-order valence-electron chi connectivity index (χ4n) is 1.64. The minimum Gasteiger partial charge on any atom is -0.310 e. The molecule has 1 N–H and O–H groups in total. The van der Waals surface area contributed by atoms with Crippen LogP contribution in [-0.2, 0) is 5.54 Å². The summed E-state index contributed by atoms with van der Waals surface area (Å²) in [7, 11) is 1.82. The summed E-state index contributed by atoms with van der Waals surface area (Å²) < 4.78 is 25.7. The number of benzene rings is 1. The molecule has 70 valence electrons. The topological polar surface area (TPSA) is 12.0 Å². The molecule has 2 rings (SSSR count). The molecule has 0 saturated heterocycles. The second kappa shape index (κ2) is 2.77. The molecule has 1 saturated carbocycles. The first-order valence-corrected chi connectivity index (χ1v) is 4.32. The normalized spacial score (nSPS) is 18.7. The van der Waals surface area contributed by atoms with Gasteiger partial charge in [0.2, 0.25) is 0 Å². The molecule has 0 spiro atoms. The molecule has 0 atom stereocenters. The summed E-state index contributed by atoms with van der Waals surface area (Å²) in [6.07, 6.45) is 1.90. The first-order valence-electron chi connectivity index (χ1n) is 4.32. The Kier molecular flexibility index (Phi) is 1.84. The van der Waals surface area contributed by atoms with Gasteiger partial charge in [0.25, 0.3) is 0 Å². The fraction of sp³-hybridized carbons (Fsp3) is 0.400. The molecular formula is C10H11F2N. The van der Waals surface area contributed by atoms with Crippen molar-refractivity contribution in [2.45, 2.75) is 18.4 Å². The molecule has 0 heterocycles. The van der Waals surface area contributed by atoms with Crippen molar-refractivity contribution in [1.82, 2.24) is 5.32 Å². The fourth-order valence-corrected chi connectivity index (χ4v) is 1.64. The van der Waals surface area contributed by atoms with Gasteiger partial charge in [-0.2, -0.15) is 0 Å². The molecule has 3 heteroatoms. The number of hydrogen-bond acceptors (Lipinski definition) is 1. The highest BCUT2D eigenvalue weighted by atomic mass is 19.1. The van der Waals surface area contributed by atoms with Gasteiger partial charge >= 0.3 is 0 Å². The average Bonchev–Trinajstić information content (AvgIpc) is 2.82. The van der Waals surface area contributed by atoms with E-state index in [1.54, 1.807) is 0 Å². The van der Waals surface area contributed by atoms with Gasteiger partial charge in [-0.3, -0.25) is 0 Å². The van der Waals surface area contributed by atoms with Crippen LogP contribution in [0.1, 0.15) is 18.4 Å². The number of hydrogen-bond donors (Lipinski definition) is 1. The quantitative estimate of drug-likeness (QED) is 0.741. The molecule has 1 nitrogen and oxygen atoms in total. The van der Waals surface area contributed by atoms with Crippen molar-refractivity contribution in [2.75, 3.05) is 7.05 Å². The van der Waals surface area contributed by atoms with Crippen molar-refractivity contribution < 1.29 is 8.78 Å². The lowest BCUT2D eigenvalue weighted by Crippen LogP contribution is -2.24. The Bertz CT molecular complexity index is 311. The summed E-state index contributed by atoms with van der Waals surface area (Å²) in [6, 6.07) is 3.69. The van der Waals surface area contributed by atoms with Gasteiger partial charge in [0.05, 0.1) is 0 Å². The van der Waals surface area contributed by atoms with Gasteiger partial charge in [0, 0.05) is 11.6 Å². The highest BCUT2D eigenvalue weighted by Crippen LogP contribution is 2.45. The number of rotatable bonds is 2. The van der Waals surface area contributed by atoms with E-state index in [0.29, 0.717) is 5.56 Å². The van der Waals surface area contributed by atoms with Gasteiger partial charge in [-0.25, -0.2) is 8.78 Å². The van der Waals surface area contributed by atoms with E-state index < -0.39 is 11.6 Å². The van der Waals surface area contributed by atoms with Gasteiger partial charge < -0.3 is 5.32 Å². The predicted octanol–water partition coefficient (Wildman–Crippen LogP) is 2.17. The van der Waals surface area contributed by atoms with Crippen LogP contribution < -0.4 is 5.32 Å². The van der Waals surface area contributed by atoms with Crippen LogP contribution in [0.5, 0.6) is 0 Å². The van der Waals surface area contributed by atoms with E-state index in [1.807, 2.05) is 7.05 Å². The molecule has 0 radical (unpaired) electrons. The van der Waals surface area contributed by atoms with Gasteiger partial charge in [-0.1, -0.05) is 0 Å². The molecule has 0 aliphatic heterocycles. The summed E-state index contributed by atoms with van der Waals surface area (Å²) in [5.74, 6) is -1.01. The third kappa shape index (κ3) is 1.44. The Hall–Kier alpha value is -0.960. The van der Waals surface area contributed by atoms with Gasteiger partial charge in [0.15, 0.2) is 0 Å². The first kappa shape index (κ1) is 8.63. The molecule has 13 heavy (non-hydrogen) atoms. The van der Waals surface area contributed by atoms with Crippen LogP contribution in [0.4, 0.5) is 8.78 Å². The summed E-state index contributed by atoms with van der Waals surface area (Å²) in [4.78, 5) is 0. The van der Waals surface area contributed by atoms with E-state index in [0.717, 1.165) is 18.9 Å². The molecule has 1 aliphatic rings. The van der Waals surface area contributed by atoms with E-state index >= 15 is 0 Å². The molecule has 0 aromatic heterocycles. The highest BCUT2D eigenvalue weighted by molar-refractivity contribution is 5.31. The SMILES string of the molecule is CNC1(c2cc(F)cc(F)c2)CC1. The van der Waals surface area contributed by atoms with Crippen LogP contribution in [0, 0.1) is 11.6 Å². The zero-order chi connectivity index (χ0) is 9.47. The Labute approximate surface area is 75.8 Å². The molecule has 0 unspecified atom stereocenters. The minimum atomic E-state index is -0.503. The lowest BCUT2D eigenvalue weighted by atomic mass is 10.1. The van der Waals surface area contributed by atoms with Gasteiger partial charge in [0.1, 0.15) is 11.6 Å². The molecule has 0 amide bonds. The van der Waals surface area contributed by atoms with E-state index in [-0.39, 0.29) is 5.54 Å². The van der Waals surface area contributed by atoms with Crippen LogP contribution in [0.15, 0.2) is 18.2 Å². The molecule has 1 aliphatic carbocycles. The van der Waals surface area contributed by atoms with Crippen molar-refractivity contribution in [3.8, 4) is 0 Å². The van der Waals surface area contributed by atoms with E-state index in [1.165, 1.54) is 12.1 Å². The molecule has 1 aromatic rings. The van der Waals surface area contributed by atoms with E-state index in [9.17, 15) is 8.78 Å². The molecular weight excluding hydrogens is 172 g/mol. The number of nitrogens with one attached hydrogen (secondary N) is 1. The maximum atomic E-state index is 12.9. The Morgan fingerprint density at radius 1 is 1.15 bits per heavy atom. The summed E-state index contributed by atoms with van der Waals surface area (Å²) in [5, 5.41) is 3.09. The lowest BCUT2D eigenvalue weighted by molar-refractivity contribution is 0.546. The third-order valence-corrected chi connectivity index (χ3v) is 2.64. The standard InChI is InChI=1S/C10H11F2N/c1-13-10(2-3-10)7-4-8(11)6-9(12)5-7/h4-6,13H,2-3H2,1H3. The van der Waals surface area contributed by atoms with E-state index in [4.69, 9.17) is 0 Å². The predicted molar refractivity (Wildman–Crippen MR) is 46.3 cm³/mol. The van der Waals surface area contributed by atoms with Crippen molar-refractivity contribution in [2.24, 2.45) is 0 Å². The van der Waals surface area contributed by atoms with Crippen LogP contribution in [0.25, 0.3) is 0 Å². The molecule has 1 fully saturated rings. The first-order chi connectivity index (χ1) is 6.16. The number of halogens is 2. The van der Waals surface area contributed by atoms with Crippen LogP contribution >= 0.6 is 0 Å².